The first kappa shape index (κ1) is 14.2. The number of imidazole rings is 1. The Hall–Kier alpha value is -2.75. The number of nitrogens with zero attached hydrogens (tertiary/aromatic N) is 2. The van der Waals surface area contributed by atoms with Gasteiger partial charge in [0.2, 0.25) is 0 Å². The molecule has 2 aromatic carbocycles. The number of hydrogen-bond donors (Lipinski definition) is 0. The quantitative estimate of drug-likeness (QED) is 0.741. The first-order valence-electron chi connectivity index (χ1n) is 7.17. The maximum Gasteiger partial charge on any atom is 0.332 e. The van der Waals surface area contributed by atoms with E-state index in [1.54, 1.807) is 16.2 Å². The van der Waals surface area contributed by atoms with Crippen LogP contribution in [0, 0.1) is 6.92 Å². The Balaban J connectivity index is 1.83. The van der Waals surface area contributed by atoms with E-state index in [0.717, 1.165) is 22.7 Å². The molecule has 0 amide bonds. The van der Waals surface area contributed by atoms with Gasteiger partial charge in [-0.25, -0.2) is 4.79 Å². The predicted molar refractivity (Wildman–Crippen MR) is 86.5 cm³/mol. The molecule has 0 aliphatic carbocycles. The van der Waals surface area contributed by atoms with Gasteiger partial charge >= 0.3 is 5.69 Å². The van der Waals surface area contributed by atoms with E-state index in [0.29, 0.717) is 6.61 Å². The third-order valence-corrected chi connectivity index (χ3v) is 3.68. The molecule has 0 N–H and O–H groups in total. The van der Waals surface area contributed by atoms with E-state index in [2.05, 4.69) is 0 Å². The standard InChI is InChI=1S/C18H18N2O2/c1-14-12-20(18(21)19(14)2)16-9-6-10-17(11-16)22-13-15-7-4-3-5-8-15/h3-12H,13H2,1-2H3. The maximum absolute atomic E-state index is 12.2. The highest BCUT2D eigenvalue weighted by Crippen LogP contribution is 2.17. The van der Waals surface area contributed by atoms with Crippen LogP contribution in [0.5, 0.6) is 5.75 Å². The number of benzene rings is 2. The third kappa shape index (κ3) is 2.81. The molecule has 0 aliphatic rings. The summed E-state index contributed by atoms with van der Waals surface area (Å²) in [6, 6.07) is 17.6. The van der Waals surface area contributed by atoms with E-state index in [9.17, 15) is 4.79 Å². The van der Waals surface area contributed by atoms with Crippen molar-refractivity contribution in [3.05, 3.63) is 82.5 Å². The number of rotatable bonds is 4. The minimum Gasteiger partial charge on any atom is -0.489 e. The van der Waals surface area contributed by atoms with Crippen LogP contribution in [-0.4, -0.2) is 9.13 Å². The Bertz CT molecular complexity index is 832. The van der Waals surface area contributed by atoms with Crippen LogP contribution in [0.15, 0.2) is 65.6 Å². The van der Waals surface area contributed by atoms with Gasteiger partial charge in [0, 0.05) is 25.0 Å². The van der Waals surface area contributed by atoms with Gasteiger partial charge in [0.1, 0.15) is 12.4 Å². The summed E-state index contributed by atoms with van der Waals surface area (Å²) < 4.78 is 9.06. The average Bonchev–Trinajstić information content (AvgIpc) is 2.82. The summed E-state index contributed by atoms with van der Waals surface area (Å²) in [5.74, 6) is 0.745. The summed E-state index contributed by atoms with van der Waals surface area (Å²) in [7, 11) is 1.77. The largest absolute Gasteiger partial charge is 0.489 e. The predicted octanol–water partition coefficient (Wildman–Crippen LogP) is 3.06. The Morgan fingerprint density at radius 2 is 1.82 bits per heavy atom. The van der Waals surface area contributed by atoms with E-state index >= 15 is 0 Å². The highest BCUT2D eigenvalue weighted by molar-refractivity contribution is 5.39. The van der Waals surface area contributed by atoms with E-state index in [1.165, 1.54) is 0 Å². The zero-order valence-electron chi connectivity index (χ0n) is 12.7. The Morgan fingerprint density at radius 3 is 2.50 bits per heavy atom. The molecule has 3 aromatic rings. The summed E-state index contributed by atoms with van der Waals surface area (Å²) in [4.78, 5) is 12.2. The molecular formula is C18H18N2O2. The highest BCUT2D eigenvalue weighted by atomic mass is 16.5. The Morgan fingerprint density at radius 1 is 1.05 bits per heavy atom. The average molecular weight is 294 g/mol. The van der Waals surface area contributed by atoms with Gasteiger partial charge in [0.05, 0.1) is 5.69 Å². The molecule has 0 aliphatic heterocycles. The van der Waals surface area contributed by atoms with Crippen molar-refractivity contribution in [1.82, 2.24) is 9.13 Å². The summed E-state index contributed by atoms with van der Waals surface area (Å²) in [6.07, 6.45) is 1.83. The Kier molecular flexibility index (Phi) is 3.83. The van der Waals surface area contributed by atoms with Crippen LogP contribution in [-0.2, 0) is 13.7 Å². The molecule has 4 heteroatoms. The molecule has 0 fully saturated rings. The molecule has 112 valence electrons. The molecule has 1 aromatic heterocycles. The van der Waals surface area contributed by atoms with Gasteiger partial charge in [0.15, 0.2) is 0 Å². The first-order chi connectivity index (χ1) is 10.6. The van der Waals surface area contributed by atoms with Crippen LogP contribution in [0.3, 0.4) is 0 Å². The second-order valence-corrected chi connectivity index (χ2v) is 5.25. The third-order valence-electron chi connectivity index (χ3n) is 3.68. The van der Waals surface area contributed by atoms with E-state index < -0.39 is 0 Å². The van der Waals surface area contributed by atoms with E-state index in [1.807, 2.05) is 67.7 Å². The lowest BCUT2D eigenvalue weighted by Crippen LogP contribution is -2.21. The number of hydrogen-bond acceptors (Lipinski definition) is 2. The van der Waals surface area contributed by atoms with Crippen LogP contribution in [0.25, 0.3) is 5.69 Å². The van der Waals surface area contributed by atoms with Gasteiger partial charge < -0.3 is 4.74 Å². The van der Waals surface area contributed by atoms with Crippen LogP contribution < -0.4 is 10.4 Å². The number of aryl methyl sites for hydroxylation is 1. The van der Waals surface area contributed by atoms with Crippen LogP contribution in [0.1, 0.15) is 11.3 Å². The highest BCUT2D eigenvalue weighted by Gasteiger charge is 2.07. The fourth-order valence-corrected chi connectivity index (χ4v) is 2.29. The van der Waals surface area contributed by atoms with Crippen molar-refractivity contribution in [3.8, 4) is 11.4 Å². The van der Waals surface area contributed by atoms with Gasteiger partial charge in [-0.05, 0) is 24.6 Å². The molecule has 0 spiro atoms. The molecule has 0 radical (unpaired) electrons. The van der Waals surface area contributed by atoms with Crippen molar-refractivity contribution in [2.75, 3.05) is 0 Å². The molecule has 4 nitrogen and oxygen atoms in total. The second-order valence-electron chi connectivity index (χ2n) is 5.25. The lowest BCUT2D eigenvalue weighted by Gasteiger charge is -2.08. The zero-order chi connectivity index (χ0) is 15.5. The normalized spacial score (nSPS) is 10.6. The van der Waals surface area contributed by atoms with Gasteiger partial charge in [0.25, 0.3) is 0 Å². The topological polar surface area (TPSA) is 36.2 Å². The van der Waals surface area contributed by atoms with Crippen molar-refractivity contribution in [3.63, 3.8) is 0 Å². The lowest BCUT2D eigenvalue weighted by molar-refractivity contribution is 0.306. The van der Waals surface area contributed by atoms with Gasteiger partial charge in [-0.15, -0.1) is 0 Å². The zero-order valence-corrected chi connectivity index (χ0v) is 12.7. The minimum absolute atomic E-state index is 0.0577. The first-order valence-corrected chi connectivity index (χ1v) is 7.17. The molecule has 0 unspecified atom stereocenters. The minimum atomic E-state index is -0.0577. The molecule has 0 saturated carbocycles. The monoisotopic (exact) mass is 294 g/mol. The van der Waals surface area contributed by atoms with Gasteiger partial charge in [-0.1, -0.05) is 36.4 Å². The van der Waals surface area contributed by atoms with Crippen molar-refractivity contribution < 1.29 is 4.74 Å². The summed E-state index contributed by atoms with van der Waals surface area (Å²) in [6.45, 7) is 2.42. The maximum atomic E-state index is 12.2. The Labute approximate surface area is 129 Å². The fraction of sp³-hybridized carbons (Fsp3) is 0.167. The van der Waals surface area contributed by atoms with Crippen molar-refractivity contribution in [1.29, 1.82) is 0 Å². The number of ether oxygens (including phenoxy) is 1. The van der Waals surface area contributed by atoms with Crippen LogP contribution >= 0.6 is 0 Å². The molecule has 0 saturated heterocycles. The molecular weight excluding hydrogens is 276 g/mol. The fourth-order valence-electron chi connectivity index (χ4n) is 2.29. The molecule has 22 heavy (non-hydrogen) atoms. The van der Waals surface area contributed by atoms with Crippen molar-refractivity contribution in [2.45, 2.75) is 13.5 Å². The number of aromatic nitrogens is 2. The van der Waals surface area contributed by atoms with Crippen LogP contribution in [0.2, 0.25) is 0 Å². The summed E-state index contributed by atoms with van der Waals surface area (Å²) >= 11 is 0. The summed E-state index contributed by atoms with van der Waals surface area (Å²) in [5, 5.41) is 0. The molecule has 0 atom stereocenters. The lowest BCUT2D eigenvalue weighted by atomic mass is 10.2. The second kappa shape index (κ2) is 5.93. The smallest absolute Gasteiger partial charge is 0.332 e. The molecule has 1 heterocycles. The van der Waals surface area contributed by atoms with Gasteiger partial charge in [-0.3, -0.25) is 9.13 Å². The summed E-state index contributed by atoms with van der Waals surface area (Å²) in [5.41, 5.74) is 2.78. The van der Waals surface area contributed by atoms with Crippen LogP contribution in [0.4, 0.5) is 0 Å². The van der Waals surface area contributed by atoms with E-state index in [4.69, 9.17) is 4.74 Å². The van der Waals surface area contributed by atoms with Crippen molar-refractivity contribution >= 4 is 0 Å². The molecule has 3 rings (SSSR count). The van der Waals surface area contributed by atoms with Crippen molar-refractivity contribution in [2.24, 2.45) is 7.05 Å². The van der Waals surface area contributed by atoms with E-state index in [-0.39, 0.29) is 5.69 Å². The molecule has 0 bridgehead atoms. The van der Waals surface area contributed by atoms with Gasteiger partial charge in [-0.2, -0.15) is 0 Å². The SMILES string of the molecule is Cc1cn(-c2cccc(OCc3ccccc3)c2)c(=O)n1C.